The summed E-state index contributed by atoms with van der Waals surface area (Å²) >= 11 is 0. The summed E-state index contributed by atoms with van der Waals surface area (Å²) in [6.45, 7) is 1.38. The van der Waals surface area contributed by atoms with Crippen LogP contribution in [0.25, 0.3) is 0 Å². The van der Waals surface area contributed by atoms with Crippen molar-refractivity contribution >= 4 is 28.2 Å². The fourth-order valence-corrected chi connectivity index (χ4v) is 4.77. The van der Waals surface area contributed by atoms with Crippen LogP contribution in [0.3, 0.4) is 0 Å². The lowest BCUT2D eigenvalue weighted by atomic mass is 9.84. The van der Waals surface area contributed by atoms with Gasteiger partial charge in [0.2, 0.25) is 5.91 Å². The quantitative estimate of drug-likeness (QED) is 0.727. The van der Waals surface area contributed by atoms with Crippen molar-refractivity contribution in [3.05, 3.63) is 18.2 Å². The Morgan fingerprint density at radius 1 is 1.15 bits per heavy atom. The lowest BCUT2D eigenvalue weighted by Crippen LogP contribution is -2.45. The molecule has 0 bridgehead atoms. The Labute approximate surface area is 166 Å². The van der Waals surface area contributed by atoms with Gasteiger partial charge in [0.15, 0.2) is 21.3 Å². The number of carbonyl (C=O) groups excluding carboxylic acids is 1. The summed E-state index contributed by atoms with van der Waals surface area (Å²) in [5.74, 6) is 0.768. The van der Waals surface area contributed by atoms with Crippen LogP contribution in [0.5, 0.6) is 11.5 Å². The van der Waals surface area contributed by atoms with Crippen LogP contribution in [-0.4, -0.2) is 45.9 Å². The van der Waals surface area contributed by atoms with Gasteiger partial charge >= 0.3 is 0 Å². The first-order valence-electron chi connectivity index (χ1n) is 9.11. The highest BCUT2D eigenvalue weighted by Crippen LogP contribution is 2.32. The number of carbonyl (C=O) groups is 1. The molecule has 3 N–H and O–H groups in total. The maximum absolute atomic E-state index is 12.5. The molecule has 1 saturated carbocycles. The molecule has 152 valence electrons. The third-order valence-electron chi connectivity index (χ3n) is 5.03. The Kier molecular flexibility index (Phi) is 7.76. The van der Waals surface area contributed by atoms with E-state index in [0.717, 1.165) is 25.7 Å². The number of nitrogens with one attached hydrogen (secondary N) is 1. The molecule has 1 heterocycles. The van der Waals surface area contributed by atoms with Crippen molar-refractivity contribution in [2.24, 2.45) is 11.7 Å². The molecule has 9 heteroatoms. The van der Waals surface area contributed by atoms with Gasteiger partial charge in [0.1, 0.15) is 13.2 Å². The zero-order valence-electron chi connectivity index (χ0n) is 15.2. The molecule has 1 aromatic rings. The van der Waals surface area contributed by atoms with Crippen molar-refractivity contribution in [3.8, 4) is 11.5 Å². The van der Waals surface area contributed by atoms with Gasteiger partial charge in [-0.15, -0.1) is 12.4 Å². The van der Waals surface area contributed by atoms with Gasteiger partial charge in [0.05, 0.1) is 10.6 Å². The number of halogens is 1. The molecule has 1 aliphatic heterocycles. The lowest BCUT2D eigenvalue weighted by Gasteiger charge is -2.31. The molecule has 7 nitrogen and oxygen atoms in total. The van der Waals surface area contributed by atoms with Gasteiger partial charge in [-0.2, -0.15) is 0 Å². The smallest absolute Gasteiger partial charge is 0.221 e. The van der Waals surface area contributed by atoms with Gasteiger partial charge in [-0.1, -0.05) is 12.8 Å². The molecule has 2 atom stereocenters. The van der Waals surface area contributed by atoms with Crippen LogP contribution in [0.4, 0.5) is 0 Å². The van der Waals surface area contributed by atoms with Crippen molar-refractivity contribution < 1.29 is 22.7 Å². The van der Waals surface area contributed by atoms with Crippen LogP contribution in [-0.2, 0) is 14.6 Å². The normalized spacial score (nSPS) is 21.8. The van der Waals surface area contributed by atoms with E-state index in [9.17, 15) is 13.2 Å². The third-order valence-corrected chi connectivity index (χ3v) is 6.74. The molecule has 0 spiro atoms. The van der Waals surface area contributed by atoms with Crippen molar-refractivity contribution in [1.29, 1.82) is 0 Å². The van der Waals surface area contributed by atoms with Crippen LogP contribution < -0.4 is 20.5 Å². The number of benzene rings is 1. The lowest BCUT2D eigenvalue weighted by molar-refractivity contribution is -0.122. The molecule has 1 fully saturated rings. The Bertz CT molecular complexity index is 756. The van der Waals surface area contributed by atoms with Gasteiger partial charge in [0.25, 0.3) is 0 Å². The van der Waals surface area contributed by atoms with Crippen LogP contribution >= 0.6 is 12.4 Å². The van der Waals surface area contributed by atoms with Crippen LogP contribution in [0.2, 0.25) is 0 Å². The number of sulfone groups is 1. The number of rotatable bonds is 6. The first-order chi connectivity index (χ1) is 12.5. The third kappa shape index (κ3) is 5.49. The van der Waals surface area contributed by atoms with Crippen LogP contribution in [0.1, 0.15) is 32.1 Å². The molecule has 2 unspecified atom stereocenters. The van der Waals surface area contributed by atoms with Crippen molar-refractivity contribution in [3.63, 3.8) is 0 Å². The maximum atomic E-state index is 12.5. The molecule has 0 radical (unpaired) electrons. The number of hydrogen-bond donors (Lipinski definition) is 2. The maximum Gasteiger partial charge on any atom is 0.221 e. The molecular formula is C18H27ClN2O5S. The molecule has 0 saturated heterocycles. The topological polar surface area (TPSA) is 108 Å². The van der Waals surface area contributed by atoms with Gasteiger partial charge in [-0.05, 0) is 37.4 Å². The average Bonchev–Trinajstić information content (AvgIpc) is 2.66. The fraction of sp³-hybridized carbons (Fsp3) is 0.611. The van der Waals surface area contributed by atoms with E-state index in [1.807, 2.05) is 0 Å². The number of ether oxygens (including phenoxy) is 2. The minimum atomic E-state index is -3.57. The van der Waals surface area contributed by atoms with Crippen LogP contribution in [0, 0.1) is 5.92 Å². The Morgan fingerprint density at radius 2 is 1.85 bits per heavy atom. The van der Waals surface area contributed by atoms with E-state index in [1.165, 1.54) is 12.1 Å². The first kappa shape index (κ1) is 21.8. The Balaban J connectivity index is 0.00000261. The van der Waals surface area contributed by atoms with Gasteiger partial charge in [-0.3, -0.25) is 4.79 Å². The van der Waals surface area contributed by atoms with Gasteiger partial charge in [-0.25, -0.2) is 8.42 Å². The van der Waals surface area contributed by atoms with E-state index in [-0.39, 0.29) is 47.3 Å². The standard InChI is InChI=1S/C18H26N2O5S.ClH/c19-12-13-3-1-2-4-15(13)20-18(21)7-10-26(22,23)14-5-6-16-17(11-14)25-9-8-24-16;/h5-6,11,13,15H,1-4,7-10,12,19H2,(H,20,21);1H. The van der Waals surface area contributed by atoms with Crippen LogP contribution in [0.15, 0.2) is 23.1 Å². The Hall–Kier alpha value is -1.51. The van der Waals surface area contributed by atoms with Gasteiger partial charge < -0.3 is 20.5 Å². The number of nitrogens with two attached hydrogens (primary N) is 1. The number of amides is 1. The predicted molar refractivity (Wildman–Crippen MR) is 104 cm³/mol. The van der Waals surface area contributed by atoms with Gasteiger partial charge in [0, 0.05) is 18.5 Å². The zero-order valence-corrected chi connectivity index (χ0v) is 16.8. The number of fused-ring (bicyclic) bond motifs is 1. The summed E-state index contributed by atoms with van der Waals surface area (Å²) in [7, 11) is -3.57. The summed E-state index contributed by atoms with van der Waals surface area (Å²) in [4.78, 5) is 12.4. The average molecular weight is 419 g/mol. The zero-order chi connectivity index (χ0) is 18.6. The monoisotopic (exact) mass is 418 g/mol. The molecule has 0 aromatic heterocycles. The molecular weight excluding hydrogens is 392 g/mol. The SMILES string of the molecule is Cl.NCC1CCCCC1NC(=O)CCS(=O)(=O)c1ccc2c(c1)OCCO2. The summed E-state index contributed by atoms with van der Waals surface area (Å²) in [6, 6.07) is 4.60. The fourth-order valence-electron chi connectivity index (χ4n) is 3.52. The minimum Gasteiger partial charge on any atom is -0.486 e. The Morgan fingerprint density at radius 3 is 2.59 bits per heavy atom. The second-order valence-corrected chi connectivity index (χ2v) is 8.94. The molecule has 27 heavy (non-hydrogen) atoms. The van der Waals surface area contributed by atoms with E-state index < -0.39 is 9.84 Å². The molecule has 1 aromatic carbocycles. The van der Waals surface area contributed by atoms with E-state index in [0.29, 0.717) is 31.3 Å². The minimum absolute atomic E-state index is 0. The molecule has 3 rings (SSSR count). The second kappa shape index (κ2) is 9.61. The predicted octanol–water partition coefficient (Wildman–Crippen LogP) is 1.68. The van der Waals surface area contributed by atoms with E-state index in [2.05, 4.69) is 5.32 Å². The van der Waals surface area contributed by atoms with Crippen molar-refractivity contribution in [2.45, 2.75) is 43.0 Å². The highest BCUT2D eigenvalue weighted by atomic mass is 35.5. The molecule has 1 amide bonds. The van der Waals surface area contributed by atoms with Crippen molar-refractivity contribution in [2.75, 3.05) is 25.5 Å². The number of hydrogen-bond acceptors (Lipinski definition) is 6. The highest BCUT2D eigenvalue weighted by Gasteiger charge is 2.26. The van der Waals surface area contributed by atoms with E-state index >= 15 is 0 Å². The van der Waals surface area contributed by atoms with Crippen molar-refractivity contribution in [1.82, 2.24) is 5.32 Å². The summed E-state index contributed by atoms with van der Waals surface area (Å²) < 4.78 is 35.9. The second-order valence-electron chi connectivity index (χ2n) is 6.83. The summed E-state index contributed by atoms with van der Waals surface area (Å²) in [5.41, 5.74) is 5.78. The summed E-state index contributed by atoms with van der Waals surface area (Å²) in [6.07, 6.45) is 4.05. The largest absolute Gasteiger partial charge is 0.486 e. The summed E-state index contributed by atoms with van der Waals surface area (Å²) in [5, 5.41) is 2.97. The molecule has 1 aliphatic carbocycles. The highest BCUT2D eigenvalue weighted by molar-refractivity contribution is 7.91. The molecule has 2 aliphatic rings. The first-order valence-corrected chi connectivity index (χ1v) is 10.8. The van der Waals surface area contributed by atoms with E-state index in [4.69, 9.17) is 15.2 Å². The van der Waals surface area contributed by atoms with E-state index in [1.54, 1.807) is 6.07 Å².